The molecule has 0 amide bonds. The normalized spacial score (nSPS) is 13.5. The molecule has 0 aromatic rings. The Morgan fingerprint density at radius 1 is 0.355 bits per heavy atom. The molecule has 0 saturated carbocycles. The number of hydrogen-bond acceptors (Lipinski definition) is 1. The second kappa shape index (κ2) is 26.2. The van der Waals surface area contributed by atoms with Crippen LogP contribution < -0.4 is 0 Å². The molecule has 0 spiro atoms. The van der Waals surface area contributed by atoms with Gasteiger partial charge in [-0.25, -0.2) is 0 Å². The lowest BCUT2D eigenvalue weighted by molar-refractivity contribution is -0.0257. The summed E-state index contributed by atoms with van der Waals surface area (Å²) in [5, 5.41) is 0. The molecule has 1 nitrogen and oxygen atoms in total. The van der Waals surface area contributed by atoms with Crippen LogP contribution in [0.3, 0.4) is 0 Å². The van der Waals surface area contributed by atoms with Crippen molar-refractivity contribution in [2.75, 3.05) is 0 Å². The zero-order valence-electron chi connectivity index (χ0n) is 22.5. The highest BCUT2D eigenvalue weighted by molar-refractivity contribution is 4.63. The van der Waals surface area contributed by atoms with E-state index in [0.717, 1.165) is 0 Å². The lowest BCUT2D eigenvalue weighted by atomic mass is 10.0. The van der Waals surface area contributed by atoms with E-state index in [-0.39, 0.29) is 0 Å². The minimum Gasteiger partial charge on any atom is -0.375 e. The van der Waals surface area contributed by atoms with Crippen molar-refractivity contribution >= 4 is 0 Å². The van der Waals surface area contributed by atoms with Gasteiger partial charge in [0, 0.05) is 0 Å². The maximum Gasteiger partial charge on any atom is 0.0576 e. The Hall–Kier alpha value is -0.0400. The van der Waals surface area contributed by atoms with Gasteiger partial charge in [0.05, 0.1) is 12.2 Å². The van der Waals surface area contributed by atoms with E-state index in [4.69, 9.17) is 4.74 Å². The van der Waals surface area contributed by atoms with E-state index >= 15 is 0 Å². The van der Waals surface area contributed by atoms with Gasteiger partial charge >= 0.3 is 0 Å². The molecule has 0 aliphatic rings. The molecule has 31 heavy (non-hydrogen) atoms. The Morgan fingerprint density at radius 2 is 0.613 bits per heavy atom. The summed E-state index contributed by atoms with van der Waals surface area (Å²) >= 11 is 0. The lowest BCUT2D eigenvalue weighted by Gasteiger charge is -2.23. The van der Waals surface area contributed by atoms with Gasteiger partial charge < -0.3 is 4.74 Å². The number of rotatable bonds is 26. The monoisotopic (exact) mass is 438 g/mol. The molecule has 1 heteroatoms. The molecule has 2 atom stereocenters. The van der Waals surface area contributed by atoms with Crippen LogP contribution in [0.2, 0.25) is 0 Å². The van der Waals surface area contributed by atoms with Crippen LogP contribution in [0.15, 0.2) is 0 Å². The van der Waals surface area contributed by atoms with Crippen molar-refractivity contribution in [2.24, 2.45) is 0 Å². The van der Waals surface area contributed by atoms with Crippen LogP contribution in [-0.2, 0) is 4.74 Å². The molecule has 0 rings (SSSR count). The molecule has 188 valence electrons. The predicted molar refractivity (Wildman–Crippen MR) is 142 cm³/mol. The highest BCUT2D eigenvalue weighted by atomic mass is 16.5. The lowest BCUT2D eigenvalue weighted by Crippen LogP contribution is -2.21. The fourth-order valence-electron chi connectivity index (χ4n) is 4.73. The Balaban J connectivity index is 3.59. The third-order valence-corrected chi connectivity index (χ3v) is 7.05. The topological polar surface area (TPSA) is 9.23 Å². The number of unbranched alkanes of at least 4 members (excludes halogenated alkanes) is 18. The van der Waals surface area contributed by atoms with Crippen molar-refractivity contribution in [3.8, 4) is 0 Å². The van der Waals surface area contributed by atoms with Gasteiger partial charge in [0.1, 0.15) is 0 Å². The van der Waals surface area contributed by atoms with Crippen molar-refractivity contribution in [1.29, 1.82) is 0 Å². The molecule has 2 unspecified atom stereocenters. The highest BCUT2D eigenvalue weighted by Gasteiger charge is 2.13. The van der Waals surface area contributed by atoms with Crippen LogP contribution in [0.5, 0.6) is 0 Å². The third-order valence-electron chi connectivity index (χ3n) is 7.05. The molecule has 0 aliphatic heterocycles. The molecule has 0 saturated heterocycles. The molecule has 0 radical (unpaired) electrons. The SMILES string of the molecule is CCCCCCCCCCCCC(CC)OC(CC)CCCCCCCCCCCC. The Labute approximate surface area is 198 Å². The molecule has 0 aromatic heterocycles. The maximum absolute atomic E-state index is 6.51. The predicted octanol–water partition coefficient (Wildman–Crippen LogP) is 11.2. The van der Waals surface area contributed by atoms with Crippen LogP contribution >= 0.6 is 0 Å². The second-order valence-electron chi connectivity index (χ2n) is 10.1. The van der Waals surface area contributed by atoms with Crippen molar-refractivity contribution in [2.45, 2.75) is 194 Å². The Kier molecular flexibility index (Phi) is 26.2. The average Bonchev–Trinajstić information content (AvgIpc) is 2.79. The summed E-state index contributed by atoms with van der Waals surface area (Å²) in [6.07, 6.45) is 34.4. The zero-order valence-corrected chi connectivity index (χ0v) is 22.5. The van der Waals surface area contributed by atoms with E-state index < -0.39 is 0 Å². The molecule has 0 bridgehead atoms. The van der Waals surface area contributed by atoms with Gasteiger partial charge in [-0.15, -0.1) is 0 Å². The first-order valence-corrected chi connectivity index (χ1v) is 14.9. The molecular formula is C30H62O. The van der Waals surface area contributed by atoms with E-state index in [0.29, 0.717) is 12.2 Å². The van der Waals surface area contributed by atoms with Gasteiger partial charge in [-0.05, 0) is 25.7 Å². The van der Waals surface area contributed by atoms with Gasteiger partial charge in [0.25, 0.3) is 0 Å². The van der Waals surface area contributed by atoms with Gasteiger partial charge in [-0.2, -0.15) is 0 Å². The summed E-state index contributed by atoms with van der Waals surface area (Å²) < 4.78 is 6.51. The summed E-state index contributed by atoms with van der Waals surface area (Å²) in [5.74, 6) is 0. The van der Waals surface area contributed by atoms with Crippen LogP contribution in [0.1, 0.15) is 182 Å². The summed E-state index contributed by atoms with van der Waals surface area (Å²) in [4.78, 5) is 0. The van der Waals surface area contributed by atoms with E-state index in [1.165, 1.54) is 154 Å². The smallest absolute Gasteiger partial charge is 0.0576 e. The molecule has 0 N–H and O–H groups in total. The first-order chi connectivity index (χ1) is 15.3. The largest absolute Gasteiger partial charge is 0.375 e. The number of ether oxygens (including phenoxy) is 1. The third kappa shape index (κ3) is 22.9. The van der Waals surface area contributed by atoms with E-state index in [1.54, 1.807) is 0 Å². The van der Waals surface area contributed by atoms with E-state index in [1.807, 2.05) is 0 Å². The minimum absolute atomic E-state index is 0.502. The van der Waals surface area contributed by atoms with Gasteiger partial charge in [0.15, 0.2) is 0 Å². The van der Waals surface area contributed by atoms with Crippen LogP contribution in [0.4, 0.5) is 0 Å². The van der Waals surface area contributed by atoms with E-state index in [9.17, 15) is 0 Å². The molecular weight excluding hydrogens is 376 g/mol. The maximum atomic E-state index is 6.51. The summed E-state index contributed by atoms with van der Waals surface area (Å²) in [6.45, 7) is 9.23. The standard InChI is InChI=1S/C30H62O/c1-5-9-11-13-15-17-19-21-23-25-27-29(7-3)31-30(8-4)28-26-24-22-20-18-16-14-12-10-6-2/h29-30H,5-28H2,1-4H3. The van der Waals surface area contributed by atoms with Crippen molar-refractivity contribution in [3.63, 3.8) is 0 Å². The first kappa shape index (κ1) is 31.0. The zero-order chi connectivity index (χ0) is 22.8. The number of hydrogen-bond donors (Lipinski definition) is 0. The van der Waals surface area contributed by atoms with E-state index in [2.05, 4.69) is 27.7 Å². The van der Waals surface area contributed by atoms with Gasteiger partial charge in [-0.3, -0.25) is 0 Å². The van der Waals surface area contributed by atoms with Crippen molar-refractivity contribution in [1.82, 2.24) is 0 Å². The molecule has 0 heterocycles. The molecule has 0 aliphatic carbocycles. The molecule has 0 aromatic carbocycles. The second-order valence-corrected chi connectivity index (χ2v) is 10.1. The highest BCUT2D eigenvalue weighted by Crippen LogP contribution is 2.19. The van der Waals surface area contributed by atoms with Crippen LogP contribution in [0.25, 0.3) is 0 Å². The summed E-state index contributed by atoms with van der Waals surface area (Å²) in [7, 11) is 0. The Bertz CT molecular complexity index is 284. The van der Waals surface area contributed by atoms with Gasteiger partial charge in [0.2, 0.25) is 0 Å². The van der Waals surface area contributed by atoms with Gasteiger partial charge in [-0.1, -0.05) is 156 Å². The molecule has 0 fully saturated rings. The first-order valence-electron chi connectivity index (χ1n) is 14.9. The van der Waals surface area contributed by atoms with Crippen molar-refractivity contribution in [3.05, 3.63) is 0 Å². The van der Waals surface area contributed by atoms with Crippen LogP contribution in [-0.4, -0.2) is 12.2 Å². The Morgan fingerprint density at radius 3 is 0.871 bits per heavy atom. The fourth-order valence-corrected chi connectivity index (χ4v) is 4.73. The minimum atomic E-state index is 0.502. The van der Waals surface area contributed by atoms with Crippen LogP contribution in [0, 0.1) is 0 Å². The average molecular weight is 439 g/mol. The quantitative estimate of drug-likeness (QED) is 0.122. The fraction of sp³-hybridized carbons (Fsp3) is 1.00. The summed E-state index contributed by atoms with van der Waals surface area (Å²) in [5.41, 5.74) is 0. The summed E-state index contributed by atoms with van der Waals surface area (Å²) in [6, 6.07) is 0. The van der Waals surface area contributed by atoms with Crippen molar-refractivity contribution < 1.29 is 4.74 Å².